The minimum Gasteiger partial charge on any atom is -0.468 e. The van der Waals surface area contributed by atoms with E-state index in [0.29, 0.717) is 13.0 Å². The molecule has 1 atom stereocenters. The lowest BCUT2D eigenvalue weighted by Crippen LogP contribution is -2.54. The van der Waals surface area contributed by atoms with Gasteiger partial charge in [0, 0.05) is 19.1 Å². The van der Waals surface area contributed by atoms with Gasteiger partial charge in [-0.3, -0.25) is 10.1 Å². The maximum absolute atomic E-state index is 12.0. The smallest absolute Gasteiger partial charge is 0.325 e. The molecule has 1 N–H and O–H groups in total. The number of hydrogen-bond donors (Lipinski definition) is 1. The van der Waals surface area contributed by atoms with Crippen molar-refractivity contribution in [2.75, 3.05) is 33.9 Å². The predicted molar refractivity (Wildman–Crippen MR) is 81.9 cm³/mol. The molecule has 0 radical (unpaired) electrons. The lowest BCUT2D eigenvalue weighted by Gasteiger charge is -2.32. The summed E-state index contributed by atoms with van der Waals surface area (Å²) in [5, 5.41) is 3.30. The van der Waals surface area contributed by atoms with Crippen molar-refractivity contribution >= 4 is 5.97 Å². The number of nitrogens with zero attached hydrogens (tertiary/aromatic N) is 1. The largest absolute Gasteiger partial charge is 0.468 e. The Hall–Kier alpha value is -0.650. The van der Waals surface area contributed by atoms with Crippen LogP contribution in [0.25, 0.3) is 0 Å². The molecule has 0 aliphatic heterocycles. The van der Waals surface area contributed by atoms with E-state index in [4.69, 9.17) is 9.47 Å². The van der Waals surface area contributed by atoms with Crippen LogP contribution in [0.4, 0.5) is 0 Å². The lowest BCUT2D eigenvalue weighted by molar-refractivity contribution is -0.148. The van der Waals surface area contributed by atoms with Gasteiger partial charge in [-0.2, -0.15) is 0 Å². The van der Waals surface area contributed by atoms with Gasteiger partial charge < -0.3 is 14.4 Å². The molecule has 0 spiro atoms. The molecule has 5 heteroatoms. The summed E-state index contributed by atoms with van der Waals surface area (Å²) in [6, 6.07) is 0.230. The summed E-state index contributed by atoms with van der Waals surface area (Å²) in [4.78, 5) is 14.1. The number of carbonyl (C=O) groups is 1. The zero-order valence-corrected chi connectivity index (χ0v) is 14.2. The number of ether oxygens (including phenoxy) is 2. The first-order chi connectivity index (χ1) is 9.21. The van der Waals surface area contributed by atoms with Crippen molar-refractivity contribution in [1.82, 2.24) is 10.2 Å². The molecule has 0 aliphatic carbocycles. The molecule has 0 amide bonds. The quantitative estimate of drug-likeness (QED) is 0.620. The molecule has 0 saturated heterocycles. The number of methoxy groups -OCH3 is 1. The SMILES string of the molecule is COC(=O)C(C)(CCN(C)CCOC(C)C)NC(C)C. The first-order valence-corrected chi connectivity index (χ1v) is 7.37. The molecular weight excluding hydrogens is 256 g/mol. The molecule has 0 rings (SSSR count). The van der Waals surface area contributed by atoms with Gasteiger partial charge in [-0.1, -0.05) is 0 Å². The molecule has 120 valence electrons. The third-order valence-corrected chi connectivity index (χ3v) is 3.16. The van der Waals surface area contributed by atoms with Crippen molar-refractivity contribution in [3.05, 3.63) is 0 Å². The van der Waals surface area contributed by atoms with E-state index >= 15 is 0 Å². The van der Waals surface area contributed by atoms with Crippen molar-refractivity contribution in [1.29, 1.82) is 0 Å². The number of likely N-dealkylation sites (N-methyl/N-ethyl adjacent to an activating group) is 1. The van der Waals surface area contributed by atoms with Crippen molar-refractivity contribution in [3.8, 4) is 0 Å². The normalized spacial score (nSPS) is 14.9. The Kier molecular flexibility index (Phi) is 9.01. The summed E-state index contributed by atoms with van der Waals surface area (Å²) in [5.41, 5.74) is -0.643. The highest BCUT2D eigenvalue weighted by Crippen LogP contribution is 2.14. The molecule has 0 heterocycles. The number of nitrogens with one attached hydrogen (secondary N) is 1. The Morgan fingerprint density at radius 2 is 1.85 bits per heavy atom. The Morgan fingerprint density at radius 3 is 2.30 bits per heavy atom. The molecule has 0 bridgehead atoms. The van der Waals surface area contributed by atoms with E-state index in [2.05, 4.69) is 10.2 Å². The average Bonchev–Trinajstić information content (AvgIpc) is 2.34. The van der Waals surface area contributed by atoms with Gasteiger partial charge in [0.1, 0.15) is 5.54 Å². The second-order valence-electron chi connectivity index (χ2n) is 6.10. The van der Waals surface area contributed by atoms with E-state index in [9.17, 15) is 4.79 Å². The van der Waals surface area contributed by atoms with E-state index in [1.54, 1.807) is 0 Å². The van der Waals surface area contributed by atoms with Crippen molar-refractivity contribution < 1.29 is 14.3 Å². The van der Waals surface area contributed by atoms with Crippen LogP contribution in [0, 0.1) is 0 Å². The van der Waals surface area contributed by atoms with Crippen molar-refractivity contribution in [2.24, 2.45) is 0 Å². The van der Waals surface area contributed by atoms with Gasteiger partial charge in [0.05, 0.1) is 19.8 Å². The Balaban J connectivity index is 4.28. The average molecular weight is 288 g/mol. The number of carbonyl (C=O) groups excluding carboxylic acids is 1. The van der Waals surface area contributed by atoms with Crippen LogP contribution in [0.15, 0.2) is 0 Å². The fraction of sp³-hybridized carbons (Fsp3) is 0.933. The monoisotopic (exact) mass is 288 g/mol. The van der Waals surface area contributed by atoms with E-state index in [1.807, 2.05) is 41.7 Å². The summed E-state index contributed by atoms with van der Waals surface area (Å²) in [6.07, 6.45) is 0.960. The van der Waals surface area contributed by atoms with E-state index in [-0.39, 0.29) is 18.1 Å². The van der Waals surface area contributed by atoms with Crippen LogP contribution in [-0.4, -0.2) is 62.4 Å². The summed E-state index contributed by atoms with van der Waals surface area (Å²) in [5.74, 6) is -0.210. The highest BCUT2D eigenvalue weighted by atomic mass is 16.5. The van der Waals surface area contributed by atoms with Gasteiger partial charge in [0.2, 0.25) is 0 Å². The van der Waals surface area contributed by atoms with Gasteiger partial charge in [-0.25, -0.2) is 0 Å². The van der Waals surface area contributed by atoms with Gasteiger partial charge in [-0.15, -0.1) is 0 Å². The number of rotatable bonds is 10. The zero-order chi connectivity index (χ0) is 15.8. The van der Waals surface area contributed by atoms with Crippen LogP contribution in [-0.2, 0) is 14.3 Å². The van der Waals surface area contributed by atoms with Gasteiger partial charge in [0.15, 0.2) is 0 Å². The molecule has 0 aromatic heterocycles. The second-order valence-corrected chi connectivity index (χ2v) is 6.10. The van der Waals surface area contributed by atoms with Crippen molar-refractivity contribution in [3.63, 3.8) is 0 Å². The van der Waals surface area contributed by atoms with Crippen LogP contribution in [0.1, 0.15) is 41.0 Å². The molecule has 0 fully saturated rings. The molecule has 0 aliphatic rings. The molecule has 0 saturated carbocycles. The van der Waals surface area contributed by atoms with Gasteiger partial charge >= 0.3 is 5.97 Å². The van der Waals surface area contributed by atoms with Crippen LogP contribution in [0.2, 0.25) is 0 Å². The van der Waals surface area contributed by atoms with Crippen LogP contribution in [0.5, 0.6) is 0 Å². The fourth-order valence-corrected chi connectivity index (χ4v) is 2.07. The summed E-state index contributed by atoms with van der Waals surface area (Å²) in [7, 11) is 3.47. The molecule has 20 heavy (non-hydrogen) atoms. The highest BCUT2D eigenvalue weighted by Gasteiger charge is 2.34. The van der Waals surface area contributed by atoms with Crippen LogP contribution < -0.4 is 5.32 Å². The Labute approximate surface area is 124 Å². The molecule has 1 unspecified atom stereocenters. The number of esters is 1. The van der Waals surface area contributed by atoms with Crippen molar-refractivity contribution in [2.45, 2.75) is 58.7 Å². The van der Waals surface area contributed by atoms with Gasteiger partial charge in [-0.05, 0) is 48.1 Å². The van der Waals surface area contributed by atoms with E-state index in [0.717, 1.165) is 13.1 Å². The summed E-state index contributed by atoms with van der Waals surface area (Å²) in [6.45, 7) is 12.4. The first-order valence-electron chi connectivity index (χ1n) is 7.37. The third kappa shape index (κ3) is 7.82. The maximum atomic E-state index is 12.0. The van der Waals surface area contributed by atoms with Crippen LogP contribution >= 0.6 is 0 Å². The van der Waals surface area contributed by atoms with Crippen LogP contribution in [0.3, 0.4) is 0 Å². The second kappa shape index (κ2) is 9.32. The maximum Gasteiger partial charge on any atom is 0.325 e. The Bertz CT molecular complexity index is 282. The molecular formula is C15H32N2O3. The van der Waals surface area contributed by atoms with E-state index in [1.165, 1.54) is 7.11 Å². The standard InChI is InChI=1S/C15H32N2O3/c1-12(2)16-15(5,14(18)19-7)8-9-17(6)10-11-20-13(3)4/h12-13,16H,8-11H2,1-7H3. The number of hydrogen-bond acceptors (Lipinski definition) is 5. The zero-order valence-electron chi connectivity index (χ0n) is 14.2. The minimum absolute atomic E-state index is 0.210. The topological polar surface area (TPSA) is 50.8 Å². The first kappa shape index (κ1) is 19.4. The molecule has 0 aromatic rings. The van der Waals surface area contributed by atoms with Gasteiger partial charge in [0.25, 0.3) is 0 Å². The third-order valence-electron chi connectivity index (χ3n) is 3.16. The fourth-order valence-electron chi connectivity index (χ4n) is 2.07. The van der Waals surface area contributed by atoms with E-state index < -0.39 is 5.54 Å². The highest BCUT2D eigenvalue weighted by molar-refractivity contribution is 5.80. The summed E-state index contributed by atoms with van der Waals surface area (Å²) < 4.78 is 10.4. The molecule has 5 nitrogen and oxygen atoms in total. The minimum atomic E-state index is -0.643. The predicted octanol–water partition coefficient (Wildman–Crippen LogP) is 1.66. The molecule has 0 aromatic carbocycles. The lowest BCUT2D eigenvalue weighted by atomic mass is 9.96. The summed E-state index contributed by atoms with van der Waals surface area (Å²) >= 11 is 0. The Morgan fingerprint density at radius 1 is 1.25 bits per heavy atom.